The van der Waals surface area contributed by atoms with Crippen LogP contribution in [0.1, 0.15) is 71.1 Å². The molecule has 1 saturated carbocycles. The Kier molecular flexibility index (Phi) is 7.33. The molecule has 0 aliphatic heterocycles. The predicted octanol–water partition coefficient (Wildman–Crippen LogP) is 3.08. The minimum atomic E-state index is 0.326. The van der Waals surface area contributed by atoms with E-state index in [0.717, 1.165) is 38.5 Å². The minimum Gasteiger partial charge on any atom is -0.343 e. The number of nitrogens with two attached hydrogens (primary N) is 1. The number of amides is 1. The zero-order valence-electron chi connectivity index (χ0n) is 12.2. The molecule has 0 aromatic rings. The third kappa shape index (κ3) is 5.38. The highest BCUT2D eigenvalue weighted by Crippen LogP contribution is 2.22. The van der Waals surface area contributed by atoms with Gasteiger partial charge in [0.25, 0.3) is 0 Å². The molecule has 1 aliphatic carbocycles. The average molecular weight is 254 g/mol. The van der Waals surface area contributed by atoms with Gasteiger partial charge in [0.15, 0.2) is 0 Å². The molecule has 0 bridgehead atoms. The van der Waals surface area contributed by atoms with Crippen LogP contribution in [-0.2, 0) is 4.79 Å². The van der Waals surface area contributed by atoms with Crippen LogP contribution >= 0.6 is 0 Å². The highest BCUT2D eigenvalue weighted by Gasteiger charge is 2.24. The Bertz CT molecular complexity index is 235. The maximum absolute atomic E-state index is 12.1. The second-order valence-electron chi connectivity index (χ2n) is 5.74. The molecule has 0 aromatic heterocycles. The zero-order chi connectivity index (χ0) is 13.4. The van der Waals surface area contributed by atoms with Gasteiger partial charge in [-0.2, -0.15) is 0 Å². The van der Waals surface area contributed by atoms with Crippen molar-refractivity contribution in [1.29, 1.82) is 0 Å². The van der Waals surface area contributed by atoms with E-state index in [2.05, 4.69) is 6.92 Å². The van der Waals surface area contributed by atoms with Gasteiger partial charge in [-0.25, -0.2) is 0 Å². The summed E-state index contributed by atoms with van der Waals surface area (Å²) in [6, 6.07) is 0.798. The van der Waals surface area contributed by atoms with Crippen LogP contribution in [-0.4, -0.2) is 29.9 Å². The highest BCUT2D eigenvalue weighted by molar-refractivity contribution is 5.76. The maximum Gasteiger partial charge on any atom is 0.222 e. The highest BCUT2D eigenvalue weighted by atomic mass is 16.2. The van der Waals surface area contributed by atoms with Crippen molar-refractivity contribution in [3.05, 3.63) is 0 Å². The number of rotatable bonds is 7. The molecular weight excluding hydrogens is 224 g/mol. The van der Waals surface area contributed by atoms with Crippen LogP contribution in [0.25, 0.3) is 0 Å². The molecule has 2 N–H and O–H groups in total. The summed E-state index contributed by atoms with van der Waals surface area (Å²) in [7, 11) is 1.97. The van der Waals surface area contributed by atoms with Gasteiger partial charge >= 0.3 is 0 Å². The molecule has 0 saturated heterocycles. The second-order valence-corrected chi connectivity index (χ2v) is 5.74. The topological polar surface area (TPSA) is 46.3 Å². The van der Waals surface area contributed by atoms with Crippen molar-refractivity contribution in [1.82, 2.24) is 4.90 Å². The number of carbonyl (C=O) groups is 1. The lowest BCUT2D eigenvalue weighted by molar-refractivity contribution is -0.132. The number of unbranched alkanes of at least 4 members (excludes halogenated alkanes) is 4. The molecule has 0 spiro atoms. The van der Waals surface area contributed by atoms with Gasteiger partial charge in [-0.15, -0.1) is 0 Å². The van der Waals surface area contributed by atoms with E-state index in [9.17, 15) is 4.79 Å². The first-order valence-electron chi connectivity index (χ1n) is 7.66. The van der Waals surface area contributed by atoms with Crippen LogP contribution < -0.4 is 5.73 Å². The normalized spacial score (nSPS) is 23.9. The summed E-state index contributed by atoms with van der Waals surface area (Å²) in [5.74, 6) is 0.326. The van der Waals surface area contributed by atoms with Gasteiger partial charge in [-0.1, -0.05) is 32.6 Å². The molecule has 18 heavy (non-hydrogen) atoms. The van der Waals surface area contributed by atoms with E-state index in [0.29, 0.717) is 18.0 Å². The number of carbonyl (C=O) groups excluding carboxylic acids is 1. The fraction of sp³-hybridized carbons (Fsp3) is 0.933. The fourth-order valence-electron chi connectivity index (χ4n) is 2.75. The Labute approximate surface area is 112 Å². The molecule has 1 amide bonds. The Balaban J connectivity index is 2.16. The van der Waals surface area contributed by atoms with Crippen LogP contribution in [0.5, 0.6) is 0 Å². The summed E-state index contributed by atoms with van der Waals surface area (Å²) < 4.78 is 0. The molecule has 1 rings (SSSR count). The third-order valence-corrected chi connectivity index (χ3v) is 4.18. The van der Waals surface area contributed by atoms with Crippen molar-refractivity contribution >= 4 is 5.91 Å². The molecule has 0 atom stereocenters. The molecule has 1 fully saturated rings. The molecule has 0 radical (unpaired) electrons. The SMILES string of the molecule is CCCCCCCC(=O)N(C)C1CCC(N)CC1. The molecule has 0 heterocycles. The smallest absolute Gasteiger partial charge is 0.222 e. The van der Waals surface area contributed by atoms with E-state index >= 15 is 0 Å². The number of hydrogen-bond donors (Lipinski definition) is 1. The lowest BCUT2D eigenvalue weighted by atomic mass is 9.91. The third-order valence-electron chi connectivity index (χ3n) is 4.18. The van der Waals surface area contributed by atoms with Gasteiger partial charge in [0, 0.05) is 25.6 Å². The Hall–Kier alpha value is -0.570. The van der Waals surface area contributed by atoms with Crippen LogP contribution in [0.15, 0.2) is 0 Å². The zero-order valence-corrected chi connectivity index (χ0v) is 12.2. The lowest BCUT2D eigenvalue weighted by Gasteiger charge is -2.33. The summed E-state index contributed by atoms with van der Waals surface area (Å²) >= 11 is 0. The number of nitrogens with zero attached hydrogens (tertiary/aromatic N) is 1. The van der Waals surface area contributed by atoms with Crippen molar-refractivity contribution in [2.24, 2.45) is 5.73 Å². The van der Waals surface area contributed by atoms with Gasteiger partial charge in [-0.05, 0) is 32.1 Å². The molecule has 0 unspecified atom stereocenters. The molecule has 0 aromatic carbocycles. The Morgan fingerprint density at radius 3 is 2.33 bits per heavy atom. The molecule has 106 valence electrons. The molecule has 1 aliphatic rings. The van der Waals surface area contributed by atoms with Crippen LogP contribution in [0, 0.1) is 0 Å². The first kappa shape index (κ1) is 15.5. The van der Waals surface area contributed by atoms with E-state index in [1.807, 2.05) is 11.9 Å². The van der Waals surface area contributed by atoms with E-state index < -0.39 is 0 Å². The number of hydrogen-bond acceptors (Lipinski definition) is 2. The van der Waals surface area contributed by atoms with Crippen LogP contribution in [0.4, 0.5) is 0 Å². The quantitative estimate of drug-likeness (QED) is 0.710. The van der Waals surface area contributed by atoms with Crippen molar-refractivity contribution in [3.63, 3.8) is 0 Å². The predicted molar refractivity (Wildman–Crippen MR) is 76.4 cm³/mol. The van der Waals surface area contributed by atoms with E-state index in [-0.39, 0.29) is 0 Å². The minimum absolute atomic E-state index is 0.326. The van der Waals surface area contributed by atoms with Gasteiger partial charge in [0.05, 0.1) is 0 Å². The largest absolute Gasteiger partial charge is 0.343 e. The summed E-state index contributed by atoms with van der Waals surface area (Å²) in [5.41, 5.74) is 5.90. The summed E-state index contributed by atoms with van der Waals surface area (Å²) in [4.78, 5) is 14.0. The molecule has 3 heteroatoms. The lowest BCUT2D eigenvalue weighted by Crippen LogP contribution is -2.41. The summed E-state index contributed by atoms with van der Waals surface area (Å²) in [6.07, 6.45) is 11.1. The first-order valence-corrected chi connectivity index (χ1v) is 7.66. The van der Waals surface area contributed by atoms with Gasteiger partial charge < -0.3 is 10.6 Å². The Morgan fingerprint density at radius 2 is 1.72 bits per heavy atom. The van der Waals surface area contributed by atoms with E-state index in [1.165, 1.54) is 25.7 Å². The molecular formula is C15H30N2O. The van der Waals surface area contributed by atoms with Gasteiger partial charge in [0.2, 0.25) is 5.91 Å². The van der Waals surface area contributed by atoms with Crippen molar-refractivity contribution in [2.45, 2.75) is 83.2 Å². The fourth-order valence-corrected chi connectivity index (χ4v) is 2.75. The van der Waals surface area contributed by atoms with Gasteiger partial charge in [-0.3, -0.25) is 4.79 Å². The van der Waals surface area contributed by atoms with Gasteiger partial charge in [0.1, 0.15) is 0 Å². The van der Waals surface area contributed by atoms with E-state index in [1.54, 1.807) is 0 Å². The van der Waals surface area contributed by atoms with Crippen molar-refractivity contribution in [3.8, 4) is 0 Å². The standard InChI is InChI=1S/C15H30N2O/c1-3-4-5-6-7-8-15(18)17(2)14-11-9-13(16)10-12-14/h13-14H,3-12,16H2,1-2H3. The van der Waals surface area contributed by atoms with Crippen LogP contribution in [0.2, 0.25) is 0 Å². The monoisotopic (exact) mass is 254 g/mol. The molecule has 3 nitrogen and oxygen atoms in total. The second kappa shape index (κ2) is 8.52. The van der Waals surface area contributed by atoms with E-state index in [4.69, 9.17) is 5.73 Å². The Morgan fingerprint density at radius 1 is 1.11 bits per heavy atom. The summed E-state index contributed by atoms with van der Waals surface area (Å²) in [5, 5.41) is 0. The van der Waals surface area contributed by atoms with Crippen molar-refractivity contribution < 1.29 is 4.79 Å². The first-order chi connectivity index (χ1) is 8.65. The van der Waals surface area contributed by atoms with Crippen molar-refractivity contribution in [2.75, 3.05) is 7.05 Å². The average Bonchev–Trinajstić information content (AvgIpc) is 2.38. The van der Waals surface area contributed by atoms with Crippen LogP contribution in [0.3, 0.4) is 0 Å². The summed E-state index contributed by atoms with van der Waals surface area (Å²) in [6.45, 7) is 2.21. The maximum atomic E-state index is 12.1.